The van der Waals surface area contributed by atoms with Crippen LogP contribution >= 0.6 is 0 Å². The second kappa shape index (κ2) is 10.3. The van der Waals surface area contributed by atoms with Gasteiger partial charge in [0, 0.05) is 43.7 Å². The zero-order valence-corrected chi connectivity index (χ0v) is 18.6. The Labute approximate surface area is 185 Å². The van der Waals surface area contributed by atoms with Crippen LogP contribution in [0.1, 0.15) is 65.8 Å². The molecule has 2 fully saturated rings. The number of hydrogen-bond acceptors (Lipinski definition) is 3. The average molecular weight is 423 g/mol. The van der Waals surface area contributed by atoms with E-state index in [0.717, 1.165) is 76.0 Å². The van der Waals surface area contributed by atoms with Gasteiger partial charge in [-0.25, -0.2) is 0 Å². The van der Waals surface area contributed by atoms with Gasteiger partial charge in [-0.1, -0.05) is 43.2 Å². The number of aromatic nitrogens is 1. The lowest BCUT2D eigenvalue weighted by Crippen LogP contribution is -2.38. The molecular weight excluding hydrogens is 388 g/mol. The molecule has 1 atom stereocenters. The van der Waals surface area contributed by atoms with Gasteiger partial charge in [0.2, 0.25) is 0 Å². The number of rotatable bonds is 6. The van der Waals surface area contributed by atoms with Gasteiger partial charge in [0.15, 0.2) is 5.43 Å². The first-order valence-corrected chi connectivity index (χ1v) is 11.8. The van der Waals surface area contributed by atoms with E-state index in [1.54, 1.807) is 6.07 Å². The van der Waals surface area contributed by atoms with E-state index in [1.807, 2.05) is 30.0 Å². The molecule has 0 bridgehead atoms. The van der Waals surface area contributed by atoms with E-state index in [-0.39, 0.29) is 17.4 Å². The van der Waals surface area contributed by atoms with Crippen LogP contribution in [0.3, 0.4) is 0 Å². The molecule has 2 saturated heterocycles. The topological polar surface area (TPSA) is 51.5 Å². The molecule has 2 aromatic rings. The van der Waals surface area contributed by atoms with Gasteiger partial charge in [0.25, 0.3) is 5.91 Å². The molecule has 0 spiro atoms. The molecule has 5 heteroatoms. The molecule has 3 heterocycles. The highest BCUT2D eigenvalue weighted by atomic mass is 16.5. The van der Waals surface area contributed by atoms with E-state index >= 15 is 0 Å². The largest absolute Gasteiger partial charge is 0.376 e. The number of aryl methyl sites for hydroxylation is 2. The van der Waals surface area contributed by atoms with Crippen molar-refractivity contribution in [1.82, 2.24) is 9.47 Å². The van der Waals surface area contributed by atoms with E-state index in [2.05, 4.69) is 16.7 Å². The van der Waals surface area contributed by atoms with Crippen LogP contribution in [0.2, 0.25) is 0 Å². The molecule has 1 aromatic carbocycles. The number of nitrogens with zero attached hydrogens (tertiary/aromatic N) is 2. The summed E-state index contributed by atoms with van der Waals surface area (Å²) in [5, 5.41) is 0. The smallest absolute Gasteiger partial charge is 0.259 e. The molecule has 5 nitrogen and oxygen atoms in total. The summed E-state index contributed by atoms with van der Waals surface area (Å²) in [6.07, 6.45) is 8.06. The maximum Gasteiger partial charge on any atom is 0.259 e. The molecule has 0 N–H and O–H groups in total. The summed E-state index contributed by atoms with van der Waals surface area (Å²) < 4.78 is 8.08. The van der Waals surface area contributed by atoms with Crippen LogP contribution in [0.4, 0.5) is 0 Å². The quantitative estimate of drug-likeness (QED) is 0.703. The predicted molar refractivity (Wildman–Crippen MR) is 123 cm³/mol. The number of ether oxygens (including phenoxy) is 1. The molecule has 0 radical (unpaired) electrons. The molecule has 0 aliphatic carbocycles. The van der Waals surface area contributed by atoms with Crippen molar-refractivity contribution in [3.8, 4) is 0 Å². The minimum atomic E-state index is -0.140. The number of carbonyl (C=O) groups is 1. The SMILES string of the molecule is Cc1cc(=O)c(C(=O)N2CCCCCC2)c(CCc2ccccc2)n1C[C@@H]1CCCO1. The first kappa shape index (κ1) is 21.8. The standard InChI is InChI=1S/C26H34N2O3/c1-20-18-24(29)25(26(30)27-15-7-2-3-8-16-27)23(14-13-21-10-5-4-6-11-21)28(20)19-22-12-9-17-31-22/h4-6,10-11,18,22H,2-3,7-9,12-17,19H2,1H3/t22-/m0/s1. The number of hydrogen-bond donors (Lipinski definition) is 0. The third kappa shape index (κ3) is 5.27. The maximum absolute atomic E-state index is 13.6. The van der Waals surface area contributed by atoms with Gasteiger partial charge >= 0.3 is 0 Å². The van der Waals surface area contributed by atoms with Crippen molar-refractivity contribution >= 4 is 5.91 Å². The molecule has 4 rings (SSSR count). The average Bonchev–Trinajstić information content (AvgIpc) is 3.14. The van der Waals surface area contributed by atoms with E-state index in [9.17, 15) is 9.59 Å². The van der Waals surface area contributed by atoms with Crippen LogP contribution in [0, 0.1) is 6.92 Å². The lowest BCUT2D eigenvalue weighted by atomic mass is 10.0. The van der Waals surface area contributed by atoms with E-state index in [0.29, 0.717) is 18.5 Å². The number of likely N-dealkylation sites (tertiary alicyclic amines) is 1. The zero-order chi connectivity index (χ0) is 21.6. The van der Waals surface area contributed by atoms with Gasteiger partial charge < -0.3 is 14.2 Å². The van der Waals surface area contributed by atoms with Gasteiger partial charge in [0.1, 0.15) is 5.56 Å². The summed E-state index contributed by atoms with van der Waals surface area (Å²) in [6, 6.07) is 11.9. The summed E-state index contributed by atoms with van der Waals surface area (Å²) in [5.41, 5.74) is 3.24. The Morgan fingerprint density at radius 2 is 1.77 bits per heavy atom. The normalized spacial score (nSPS) is 19.4. The van der Waals surface area contributed by atoms with Crippen molar-refractivity contribution in [3.63, 3.8) is 0 Å². The van der Waals surface area contributed by atoms with Crippen LogP contribution in [0.5, 0.6) is 0 Å². The number of pyridine rings is 1. The fourth-order valence-electron chi connectivity index (χ4n) is 4.90. The molecule has 166 valence electrons. The van der Waals surface area contributed by atoms with E-state index < -0.39 is 0 Å². The molecule has 0 unspecified atom stereocenters. The van der Waals surface area contributed by atoms with Gasteiger partial charge in [-0.2, -0.15) is 0 Å². The Hall–Kier alpha value is -2.40. The van der Waals surface area contributed by atoms with E-state index in [1.165, 1.54) is 5.56 Å². The highest BCUT2D eigenvalue weighted by Gasteiger charge is 2.27. The van der Waals surface area contributed by atoms with Crippen molar-refractivity contribution < 1.29 is 9.53 Å². The second-order valence-corrected chi connectivity index (χ2v) is 8.91. The molecule has 1 amide bonds. The summed E-state index contributed by atoms with van der Waals surface area (Å²) in [6.45, 7) is 4.97. The molecule has 1 aromatic heterocycles. The minimum Gasteiger partial charge on any atom is -0.376 e. The van der Waals surface area contributed by atoms with Gasteiger partial charge in [-0.15, -0.1) is 0 Å². The van der Waals surface area contributed by atoms with Crippen molar-refractivity contribution in [2.75, 3.05) is 19.7 Å². The molecular formula is C26H34N2O3. The Morgan fingerprint density at radius 3 is 2.45 bits per heavy atom. The fraction of sp³-hybridized carbons (Fsp3) is 0.538. The summed E-state index contributed by atoms with van der Waals surface area (Å²) in [7, 11) is 0. The monoisotopic (exact) mass is 422 g/mol. The first-order valence-electron chi connectivity index (χ1n) is 11.8. The van der Waals surface area contributed by atoms with Crippen LogP contribution < -0.4 is 5.43 Å². The Balaban J connectivity index is 1.71. The molecule has 0 saturated carbocycles. The lowest BCUT2D eigenvalue weighted by Gasteiger charge is -2.26. The van der Waals surface area contributed by atoms with Crippen molar-refractivity contribution in [2.24, 2.45) is 0 Å². The summed E-state index contributed by atoms with van der Waals surface area (Å²) in [4.78, 5) is 28.6. The first-order chi connectivity index (χ1) is 15.1. The van der Waals surface area contributed by atoms with Crippen molar-refractivity contribution in [1.29, 1.82) is 0 Å². The molecule has 2 aliphatic rings. The van der Waals surface area contributed by atoms with Gasteiger partial charge in [-0.3, -0.25) is 9.59 Å². The van der Waals surface area contributed by atoms with Crippen molar-refractivity contribution in [3.05, 3.63) is 69.1 Å². The Bertz CT molecular complexity index is 937. The van der Waals surface area contributed by atoms with E-state index in [4.69, 9.17) is 4.74 Å². The Kier molecular flexibility index (Phi) is 7.23. The highest BCUT2D eigenvalue weighted by Crippen LogP contribution is 2.21. The number of carbonyl (C=O) groups excluding carboxylic acids is 1. The van der Waals surface area contributed by atoms with Gasteiger partial charge in [-0.05, 0) is 51.0 Å². The fourth-order valence-corrected chi connectivity index (χ4v) is 4.90. The van der Waals surface area contributed by atoms with Crippen LogP contribution in [0.25, 0.3) is 0 Å². The number of benzene rings is 1. The van der Waals surface area contributed by atoms with Crippen LogP contribution in [0.15, 0.2) is 41.2 Å². The lowest BCUT2D eigenvalue weighted by molar-refractivity contribution is 0.0754. The zero-order valence-electron chi connectivity index (χ0n) is 18.6. The minimum absolute atomic E-state index is 0.0870. The summed E-state index contributed by atoms with van der Waals surface area (Å²) >= 11 is 0. The third-order valence-electron chi connectivity index (χ3n) is 6.64. The summed E-state index contributed by atoms with van der Waals surface area (Å²) in [5.74, 6) is -0.0870. The highest BCUT2D eigenvalue weighted by molar-refractivity contribution is 5.95. The maximum atomic E-state index is 13.6. The predicted octanol–water partition coefficient (Wildman–Crippen LogP) is 4.14. The second-order valence-electron chi connectivity index (χ2n) is 8.91. The van der Waals surface area contributed by atoms with Gasteiger partial charge in [0.05, 0.1) is 6.10 Å². The molecule has 31 heavy (non-hydrogen) atoms. The molecule has 2 aliphatic heterocycles. The van der Waals surface area contributed by atoms with Crippen LogP contribution in [-0.2, 0) is 24.1 Å². The number of amides is 1. The third-order valence-corrected chi connectivity index (χ3v) is 6.64. The van der Waals surface area contributed by atoms with Crippen LogP contribution in [-0.4, -0.2) is 41.2 Å². The Morgan fingerprint density at radius 1 is 1.03 bits per heavy atom. The van der Waals surface area contributed by atoms with Crippen molar-refractivity contribution in [2.45, 2.75) is 70.9 Å².